The van der Waals surface area contributed by atoms with E-state index in [-0.39, 0.29) is 18.4 Å². The molecule has 2 rings (SSSR count). The predicted octanol–water partition coefficient (Wildman–Crippen LogP) is 0.594. The largest absolute Gasteiger partial charge is 0.486 e. The molecule has 0 fully saturated rings. The van der Waals surface area contributed by atoms with Crippen LogP contribution in [-0.4, -0.2) is 26.2 Å². The molecule has 5 heteroatoms. The summed E-state index contributed by atoms with van der Waals surface area (Å²) in [6.07, 6.45) is 0.260. The van der Waals surface area contributed by atoms with Crippen molar-refractivity contribution in [2.45, 2.75) is 12.5 Å². The topological polar surface area (TPSA) is 73.6 Å². The summed E-state index contributed by atoms with van der Waals surface area (Å²) in [4.78, 5) is 11.0. The standard InChI is InChI=1S/C12H16N2O3/c1-14-9(7-12(13)15)8-2-3-10-11(6-8)17-5-4-16-10/h2-3,6,9,14H,4-5,7H2,1H3,(H2,13,15). The number of rotatable bonds is 4. The number of amides is 1. The maximum atomic E-state index is 11.0. The van der Waals surface area contributed by atoms with E-state index in [2.05, 4.69) is 5.32 Å². The molecule has 1 aromatic rings. The predicted molar refractivity (Wildman–Crippen MR) is 63.0 cm³/mol. The van der Waals surface area contributed by atoms with Crippen LogP contribution >= 0.6 is 0 Å². The van der Waals surface area contributed by atoms with Crippen LogP contribution in [0.15, 0.2) is 18.2 Å². The minimum Gasteiger partial charge on any atom is -0.486 e. The molecular weight excluding hydrogens is 220 g/mol. The third-order valence-corrected chi connectivity index (χ3v) is 2.72. The highest BCUT2D eigenvalue weighted by molar-refractivity contribution is 5.74. The first-order valence-corrected chi connectivity index (χ1v) is 5.56. The third-order valence-electron chi connectivity index (χ3n) is 2.72. The molecule has 0 saturated carbocycles. The van der Waals surface area contributed by atoms with E-state index in [1.54, 1.807) is 7.05 Å². The Morgan fingerprint density at radius 2 is 2.12 bits per heavy atom. The molecule has 1 aliphatic rings. The highest BCUT2D eigenvalue weighted by Gasteiger charge is 2.17. The summed E-state index contributed by atoms with van der Waals surface area (Å²) in [7, 11) is 1.80. The van der Waals surface area contributed by atoms with Gasteiger partial charge in [0.1, 0.15) is 13.2 Å². The summed E-state index contributed by atoms with van der Waals surface area (Å²) in [5, 5.41) is 3.06. The Morgan fingerprint density at radius 3 is 2.76 bits per heavy atom. The Hall–Kier alpha value is -1.75. The fraction of sp³-hybridized carbons (Fsp3) is 0.417. The molecule has 1 amide bonds. The van der Waals surface area contributed by atoms with Crippen LogP contribution in [0.5, 0.6) is 11.5 Å². The van der Waals surface area contributed by atoms with E-state index in [1.807, 2.05) is 18.2 Å². The maximum Gasteiger partial charge on any atom is 0.219 e. The van der Waals surface area contributed by atoms with Gasteiger partial charge in [-0.15, -0.1) is 0 Å². The molecule has 0 aliphatic carbocycles. The zero-order valence-electron chi connectivity index (χ0n) is 9.73. The fourth-order valence-corrected chi connectivity index (χ4v) is 1.86. The van der Waals surface area contributed by atoms with Crippen molar-refractivity contribution in [3.63, 3.8) is 0 Å². The number of benzene rings is 1. The number of hydrogen-bond acceptors (Lipinski definition) is 4. The summed E-state index contributed by atoms with van der Waals surface area (Å²) in [5.41, 5.74) is 6.18. The molecule has 1 aromatic carbocycles. The van der Waals surface area contributed by atoms with Gasteiger partial charge in [0.15, 0.2) is 11.5 Å². The van der Waals surface area contributed by atoms with Gasteiger partial charge in [-0.2, -0.15) is 0 Å². The van der Waals surface area contributed by atoms with E-state index >= 15 is 0 Å². The van der Waals surface area contributed by atoms with Crippen LogP contribution in [0.4, 0.5) is 0 Å². The van der Waals surface area contributed by atoms with E-state index in [0.29, 0.717) is 13.2 Å². The van der Waals surface area contributed by atoms with Gasteiger partial charge >= 0.3 is 0 Å². The van der Waals surface area contributed by atoms with Gasteiger partial charge in [-0.05, 0) is 24.7 Å². The lowest BCUT2D eigenvalue weighted by Gasteiger charge is -2.21. The normalized spacial score (nSPS) is 15.4. The van der Waals surface area contributed by atoms with Crippen LogP contribution < -0.4 is 20.5 Å². The third kappa shape index (κ3) is 2.68. The van der Waals surface area contributed by atoms with E-state index in [0.717, 1.165) is 17.1 Å². The van der Waals surface area contributed by atoms with E-state index in [4.69, 9.17) is 15.2 Å². The first-order valence-electron chi connectivity index (χ1n) is 5.56. The van der Waals surface area contributed by atoms with Crippen LogP contribution in [-0.2, 0) is 4.79 Å². The Labute approximate surface area is 99.9 Å². The highest BCUT2D eigenvalue weighted by atomic mass is 16.6. The zero-order valence-corrected chi connectivity index (χ0v) is 9.73. The Morgan fingerprint density at radius 1 is 1.41 bits per heavy atom. The first-order chi connectivity index (χ1) is 8.20. The van der Waals surface area contributed by atoms with Crippen molar-refractivity contribution in [2.75, 3.05) is 20.3 Å². The number of carbonyl (C=O) groups excluding carboxylic acids is 1. The Kier molecular flexibility index (Phi) is 3.49. The lowest BCUT2D eigenvalue weighted by Crippen LogP contribution is -2.24. The lowest BCUT2D eigenvalue weighted by molar-refractivity contribution is -0.118. The molecule has 1 unspecified atom stereocenters. The smallest absolute Gasteiger partial charge is 0.219 e. The number of carbonyl (C=O) groups is 1. The average Bonchev–Trinajstić information content (AvgIpc) is 2.35. The molecular formula is C12H16N2O3. The number of nitrogens with two attached hydrogens (primary N) is 1. The Balaban J connectivity index is 2.22. The lowest BCUT2D eigenvalue weighted by atomic mass is 10.0. The second-order valence-corrected chi connectivity index (χ2v) is 3.91. The number of ether oxygens (including phenoxy) is 2. The van der Waals surface area contributed by atoms with Crippen LogP contribution in [0.3, 0.4) is 0 Å². The summed E-state index contributed by atoms with van der Waals surface area (Å²) in [5.74, 6) is 1.13. The molecule has 92 valence electrons. The zero-order chi connectivity index (χ0) is 12.3. The fourth-order valence-electron chi connectivity index (χ4n) is 1.86. The van der Waals surface area contributed by atoms with Crippen LogP contribution in [0.2, 0.25) is 0 Å². The van der Waals surface area contributed by atoms with Crippen molar-refractivity contribution in [3.8, 4) is 11.5 Å². The monoisotopic (exact) mass is 236 g/mol. The SMILES string of the molecule is CNC(CC(N)=O)c1ccc2c(c1)OCCO2. The number of nitrogens with one attached hydrogen (secondary N) is 1. The van der Waals surface area contributed by atoms with Gasteiger partial charge < -0.3 is 20.5 Å². The molecule has 1 heterocycles. The van der Waals surface area contributed by atoms with Gasteiger partial charge in [-0.25, -0.2) is 0 Å². The molecule has 0 aromatic heterocycles. The van der Waals surface area contributed by atoms with Gasteiger partial charge in [-0.3, -0.25) is 4.79 Å². The summed E-state index contributed by atoms with van der Waals surface area (Å²) in [6.45, 7) is 1.12. The molecule has 0 bridgehead atoms. The van der Waals surface area contributed by atoms with Gasteiger partial charge in [0, 0.05) is 12.5 Å². The molecule has 0 saturated heterocycles. The summed E-state index contributed by atoms with van der Waals surface area (Å²) >= 11 is 0. The van der Waals surface area contributed by atoms with E-state index in [1.165, 1.54) is 0 Å². The maximum absolute atomic E-state index is 11.0. The molecule has 5 nitrogen and oxygen atoms in total. The quantitative estimate of drug-likeness (QED) is 0.802. The average molecular weight is 236 g/mol. The van der Waals surface area contributed by atoms with Crippen molar-refractivity contribution in [1.82, 2.24) is 5.32 Å². The second kappa shape index (κ2) is 5.05. The Bertz CT molecular complexity index is 420. The highest BCUT2D eigenvalue weighted by Crippen LogP contribution is 2.33. The van der Waals surface area contributed by atoms with E-state index in [9.17, 15) is 4.79 Å². The van der Waals surface area contributed by atoms with Crippen molar-refractivity contribution in [3.05, 3.63) is 23.8 Å². The van der Waals surface area contributed by atoms with Crippen LogP contribution in [0.1, 0.15) is 18.0 Å². The number of primary amides is 1. The second-order valence-electron chi connectivity index (χ2n) is 3.91. The molecule has 1 atom stereocenters. The molecule has 0 radical (unpaired) electrons. The van der Waals surface area contributed by atoms with Gasteiger partial charge in [0.25, 0.3) is 0 Å². The molecule has 3 N–H and O–H groups in total. The van der Waals surface area contributed by atoms with Crippen molar-refractivity contribution < 1.29 is 14.3 Å². The minimum atomic E-state index is -0.334. The first kappa shape index (κ1) is 11.7. The van der Waals surface area contributed by atoms with Gasteiger partial charge in [-0.1, -0.05) is 6.07 Å². The van der Waals surface area contributed by atoms with Crippen LogP contribution in [0.25, 0.3) is 0 Å². The number of fused-ring (bicyclic) bond motifs is 1. The van der Waals surface area contributed by atoms with Crippen molar-refractivity contribution in [1.29, 1.82) is 0 Å². The molecule has 0 spiro atoms. The van der Waals surface area contributed by atoms with E-state index < -0.39 is 0 Å². The van der Waals surface area contributed by atoms with Crippen LogP contribution in [0, 0.1) is 0 Å². The van der Waals surface area contributed by atoms with Crippen molar-refractivity contribution in [2.24, 2.45) is 5.73 Å². The molecule has 17 heavy (non-hydrogen) atoms. The van der Waals surface area contributed by atoms with Crippen molar-refractivity contribution >= 4 is 5.91 Å². The van der Waals surface area contributed by atoms with Gasteiger partial charge in [0.2, 0.25) is 5.91 Å². The molecule has 1 aliphatic heterocycles. The minimum absolute atomic E-state index is 0.0941. The summed E-state index contributed by atoms with van der Waals surface area (Å²) < 4.78 is 10.9. The van der Waals surface area contributed by atoms with Gasteiger partial charge in [0.05, 0.1) is 0 Å². The number of hydrogen-bond donors (Lipinski definition) is 2. The summed E-state index contributed by atoms with van der Waals surface area (Å²) in [6, 6.07) is 5.56.